The Labute approximate surface area is 128 Å². The lowest BCUT2D eigenvalue weighted by atomic mass is 9.81. The first-order valence-corrected chi connectivity index (χ1v) is 8.29. The minimum absolute atomic E-state index is 0.0186. The molecule has 3 nitrogen and oxygen atoms in total. The van der Waals surface area contributed by atoms with Gasteiger partial charge in [-0.1, -0.05) is 19.9 Å². The Hall–Kier alpha value is -1.22. The van der Waals surface area contributed by atoms with Gasteiger partial charge in [-0.15, -0.1) is 0 Å². The maximum absolute atomic E-state index is 6.53. The van der Waals surface area contributed by atoms with Gasteiger partial charge in [0.05, 0.1) is 7.11 Å². The highest BCUT2D eigenvalue weighted by molar-refractivity contribution is 5.45. The highest BCUT2D eigenvalue weighted by Crippen LogP contribution is 2.50. The van der Waals surface area contributed by atoms with Gasteiger partial charge in [0.25, 0.3) is 0 Å². The van der Waals surface area contributed by atoms with E-state index in [1.54, 1.807) is 7.11 Å². The molecule has 1 aromatic rings. The van der Waals surface area contributed by atoms with E-state index in [1.165, 1.54) is 24.8 Å². The summed E-state index contributed by atoms with van der Waals surface area (Å²) < 4.78 is 11.9. The summed E-state index contributed by atoms with van der Waals surface area (Å²) in [4.78, 5) is 0. The first kappa shape index (κ1) is 14.7. The number of fused-ring (bicyclic) bond motifs is 1. The molecule has 3 atom stereocenters. The topological polar surface area (TPSA) is 30.5 Å². The van der Waals surface area contributed by atoms with Crippen LogP contribution in [0, 0.1) is 5.92 Å². The van der Waals surface area contributed by atoms with Crippen LogP contribution in [0.3, 0.4) is 0 Å². The van der Waals surface area contributed by atoms with Crippen LogP contribution in [0.25, 0.3) is 0 Å². The SMILES string of the molecule is CCCNC1CC2(CCCC2C)Oc2cc(OC)ccc21. The van der Waals surface area contributed by atoms with Crippen molar-refractivity contribution in [2.45, 2.75) is 57.6 Å². The number of hydrogen-bond donors (Lipinski definition) is 1. The van der Waals surface area contributed by atoms with Crippen molar-refractivity contribution < 1.29 is 9.47 Å². The standard InChI is InChI=1S/C18H27NO2/c1-4-10-19-16-12-18(9-5-6-13(18)2)21-17-11-14(20-3)7-8-15(16)17/h7-8,11,13,16,19H,4-6,9-10,12H2,1-3H3. The Kier molecular flexibility index (Phi) is 4.12. The van der Waals surface area contributed by atoms with Gasteiger partial charge in [0, 0.05) is 24.1 Å². The van der Waals surface area contributed by atoms with Crippen LogP contribution < -0.4 is 14.8 Å². The average molecular weight is 289 g/mol. The van der Waals surface area contributed by atoms with E-state index in [-0.39, 0.29) is 5.60 Å². The van der Waals surface area contributed by atoms with Gasteiger partial charge in [0.1, 0.15) is 17.1 Å². The quantitative estimate of drug-likeness (QED) is 0.906. The van der Waals surface area contributed by atoms with Gasteiger partial charge in [-0.05, 0) is 44.2 Å². The molecule has 0 radical (unpaired) electrons. The summed E-state index contributed by atoms with van der Waals surface area (Å²) in [5.74, 6) is 2.52. The molecule has 1 aromatic carbocycles. The average Bonchev–Trinajstić information content (AvgIpc) is 2.84. The van der Waals surface area contributed by atoms with Gasteiger partial charge in [-0.3, -0.25) is 0 Å². The zero-order valence-corrected chi connectivity index (χ0v) is 13.4. The van der Waals surface area contributed by atoms with E-state index in [1.807, 2.05) is 6.07 Å². The molecule has 21 heavy (non-hydrogen) atoms. The molecule has 1 heterocycles. The van der Waals surface area contributed by atoms with Gasteiger partial charge < -0.3 is 14.8 Å². The third-order valence-corrected chi connectivity index (χ3v) is 5.23. The second kappa shape index (κ2) is 5.88. The molecule has 1 saturated carbocycles. The molecule has 2 aliphatic rings. The second-order valence-electron chi connectivity index (χ2n) is 6.57. The number of ether oxygens (including phenoxy) is 2. The fraction of sp³-hybridized carbons (Fsp3) is 0.667. The Bertz CT molecular complexity index is 502. The van der Waals surface area contributed by atoms with Crippen molar-refractivity contribution in [3.63, 3.8) is 0 Å². The van der Waals surface area contributed by atoms with E-state index in [0.29, 0.717) is 12.0 Å². The molecular formula is C18H27NO2. The summed E-state index contributed by atoms with van der Waals surface area (Å²) in [5.41, 5.74) is 1.30. The minimum atomic E-state index is 0.0186. The fourth-order valence-electron chi connectivity index (χ4n) is 3.91. The molecule has 1 N–H and O–H groups in total. The van der Waals surface area contributed by atoms with Gasteiger partial charge in [-0.25, -0.2) is 0 Å². The van der Waals surface area contributed by atoms with Crippen molar-refractivity contribution in [2.75, 3.05) is 13.7 Å². The lowest BCUT2D eigenvalue weighted by Crippen LogP contribution is -2.46. The predicted octanol–water partition coefficient (Wildman–Crippen LogP) is 4.08. The lowest BCUT2D eigenvalue weighted by molar-refractivity contribution is 0.00167. The highest BCUT2D eigenvalue weighted by Gasteiger charge is 2.47. The largest absolute Gasteiger partial charge is 0.497 e. The van der Waals surface area contributed by atoms with Crippen LogP contribution in [0.5, 0.6) is 11.5 Å². The van der Waals surface area contributed by atoms with Crippen molar-refractivity contribution >= 4 is 0 Å². The third kappa shape index (κ3) is 2.64. The Morgan fingerprint density at radius 2 is 2.29 bits per heavy atom. The van der Waals surface area contributed by atoms with E-state index < -0.39 is 0 Å². The van der Waals surface area contributed by atoms with Crippen LogP contribution in [0.4, 0.5) is 0 Å². The number of rotatable bonds is 4. The smallest absolute Gasteiger partial charge is 0.128 e. The van der Waals surface area contributed by atoms with Crippen LogP contribution in [0.2, 0.25) is 0 Å². The number of methoxy groups -OCH3 is 1. The van der Waals surface area contributed by atoms with Crippen LogP contribution >= 0.6 is 0 Å². The van der Waals surface area contributed by atoms with Crippen LogP contribution in [-0.2, 0) is 0 Å². The molecule has 1 aliphatic heterocycles. The molecule has 116 valence electrons. The zero-order chi connectivity index (χ0) is 14.9. The molecule has 3 unspecified atom stereocenters. The molecule has 0 bridgehead atoms. The van der Waals surface area contributed by atoms with Crippen molar-refractivity contribution in [3.8, 4) is 11.5 Å². The maximum atomic E-state index is 6.53. The molecule has 0 aromatic heterocycles. The van der Waals surface area contributed by atoms with E-state index >= 15 is 0 Å². The van der Waals surface area contributed by atoms with E-state index in [0.717, 1.165) is 30.9 Å². The van der Waals surface area contributed by atoms with Crippen molar-refractivity contribution in [1.29, 1.82) is 0 Å². The number of nitrogens with one attached hydrogen (secondary N) is 1. The summed E-state index contributed by atoms with van der Waals surface area (Å²) in [6, 6.07) is 6.66. The van der Waals surface area contributed by atoms with Crippen LogP contribution in [0.15, 0.2) is 18.2 Å². The summed E-state index contributed by atoms with van der Waals surface area (Å²) in [6.45, 7) is 5.62. The summed E-state index contributed by atoms with van der Waals surface area (Å²) in [6.07, 6.45) is 5.98. The Morgan fingerprint density at radius 3 is 2.95 bits per heavy atom. The molecule has 1 spiro atoms. The normalized spacial score (nSPS) is 31.0. The summed E-state index contributed by atoms with van der Waals surface area (Å²) in [5, 5.41) is 3.72. The van der Waals surface area contributed by atoms with Crippen LogP contribution in [-0.4, -0.2) is 19.3 Å². The van der Waals surface area contributed by atoms with E-state index in [9.17, 15) is 0 Å². The van der Waals surface area contributed by atoms with Crippen molar-refractivity contribution in [1.82, 2.24) is 5.32 Å². The molecule has 3 heteroatoms. The third-order valence-electron chi connectivity index (χ3n) is 5.23. The van der Waals surface area contributed by atoms with Gasteiger partial charge >= 0.3 is 0 Å². The molecular weight excluding hydrogens is 262 g/mol. The predicted molar refractivity (Wildman–Crippen MR) is 85.0 cm³/mol. The summed E-state index contributed by atoms with van der Waals surface area (Å²) >= 11 is 0. The zero-order valence-electron chi connectivity index (χ0n) is 13.4. The Balaban J connectivity index is 1.95. The number of hydrogen-bond acceptors (Lipinski definition) is 3. The van der Waals surface area contributed by atoms with Crippen molar-refractivity contribution in [2.24, 2.45) is 5.92 Å². The second-order valence-corrected chi connectivity index (χ2v) is 6.57. The summed E-state index contributed by atoms with van der Waals surface area (Å²) in [7, 11) is 1.71. The van der Waals surface area contributed by atoms with Gasteiger partial charge in [-0.2, -0.15) is 0 Å². The van der Waals surface area contributed by atoms with E-state index in [4.69, 9.17) is 9.47 Å². The monoisotopic (exact) mass is 289 g/mol. The Morgan fingerprint density at radius 1 is 1.43 bits per heavy atom. The number of benzene rings is 1. The first-order chi connectivity index (χ1) is 10.2. The lowest BCUT2D eigenvalue weighted by Gasteiger charge is -2.43. The molecule has 1 aliphatic carbocycles. The molecule has 0 saturated heterocycles. The molecule has 1 fully saturated rings. The maximum Gasteiger partial charge on any atom is 0.128 e. The van der Waals surface area contributed by atoms with Crippen LogP contribution in [0.1, 0.15) is 57.6 Å². The van der Waals surface area contributed by atoms with Gasteiger partial charge in [0.15, 0.2) is 0 Å². The van der Waals surface area contributed by atoms with E-state index in [2.05, 4.69) is 31.3 Å². The van der Waals surface area contributed by atoms with Crippen molar-refractivity contribution in [3.05, 3.63) is 23.8 Å². The fourth-order valence-corrected chi connectivity index (χ4v) is 3.91. The highest BCUT2D eigenvalue weighted by atomic mass is 16.5. The minimum Gasteiger partial charge on any atom is -0.497 e. The van der Waals surface area contributed by atoms with Gasteiger partial charge in [0.2, 0.25) is 0 Å². The first-order valence-electron chi connectivity index (χ1n) is 8.29. The molecule has 3 rings (SSSR count). The molecule has 0 amide bonds.